The van der Waals surface area contributed by atoms with E-state index in [1.54, 1.807) is 7.05 Å². The van der Waals surface area contributed by atoms with Crippen molar-refractivity contribution in [3.05, 3.63) is 51.7 Å². The summed E-state index contributed by atoms with van der Waals surface area (Å²) in [5.41, 5.74) is 0.166. The number of nitrogens with zero attached hydrogens (tertiary/aromatic N) is 1. The molecule has 0 fully saturated rings. The summed E-state index contributed by atoms with van der Waals surface area (Å²) in [6, 6.07) is 6.13. The molecule has 0 amide bonds. The van der Waals surface area contributed by atoms with Crippen molar-refractivity contribution in [1.82, 2.24) is 0 Å². The molecule has 0 radical (unpaired) electrons. The van der Waals surface area contributed by atoms with E-state index in [1.807, 2.05) is 17.5 Å². The average molecular weight is 269 g/mol. The van der Waals surface area contributed by atoms with Crippen LogP contribution in [0.25, 0.3) is 0 Å². The Morgan fingerprint density at radius 1 is 1.28 bits per heavy atom. The molecule has 2 rings (SSSR count). The van der Waals surface area contributed by atoms with E-state index in [9.17, 15) is 8.78 Å². The Morgan fingerprint density at radius 2 is 1.94 bits per heavy atom. The van der Waals surface area contributed by atoms with E-state index in [0.29, 0.717) is 6.54 Å². The minimum Gasteiger partial charge on any atom is -0.392 e. The summed E-state index contributed by atoms with van der Waals surface area (Å²) in [7, 11) is 1.64. The van der Waals surface area contributed by atoms with Gasteiger partial charge in [-0.05, 0) is 29.1 Å². The first-order chi connectivity index (χ1) is 8.61. The second-order valence-electron chi connectivity index (χ2n) is 4.00. The lowest BCUT2D eigenvalue weighted by molar-refractivity contribution is 0.280. The minimum atomic E-state index is -0.655. The third-order valence-corrected chi connectivity index (χ3v) is 3.48. The second-order valence-corrected chi connectivity index (χ2v) is 5.03. The number of hydrogen-bond acceptors (Lipinski definition) is 3. The highest BCUT2D eigenvalue weighted by atomic mass is 32.1. The minimum absolute atomic E-state index is 0.0689. The Labute approximate surface area is 108 Å². The average Bonchev–Trinajstić information content (AvgIpc) is 2.80. The lowest BCUT2D eigenvalue weighted by Crippen LogP contribution is -2.18. The van der Waals surface area contributed by atoms with Gasteiger partial charge in [-0.2, -0.15) is 0 Å². The fraction of sp³-hybridized carbons (Fsp3) is 0.231. The molecular formula is C13H13F2NOS. The molecule has 0 spiro atoms. The first-order valence-electron chi connectivity index (χ1n) is 5.44. The van der Waals surface area contributed by atoms with Crippen molar-refractivity contribution in [3.63, 3.8) is 0 Å². The molecule has 0 saturated heterocycles. The summed E-state index contributed by atoms with van der Waals surface area (Å²) >= 11 is 1.54. The van der Waals surface area contributed by atoms with Crippen LogP contribution >= 0.6 is 11.3 Å². The molecule has 0 aliphatic carbocycles. The van der Waals surface area contributed by atoms with Crippen LogP contribution in [0, 0.1) is 11.6 Å². The van der Waals surface area contributed by atoms with Crippen LogP contribution in [0.1, 0.15) is 10.4 Å². The van der Waals surface area contributed by atoms with E-state index >= 15 is 0 Å². The molecule has 0 atom stereocenters. The summed E-state index contributed by atoms with van der Waals surface area (Å²) in [5, 5.41) is 10.8. The van der Waals surface area contributed by atoms with Crippen LogP contribution in [0.2, 0.25) is 0 Å². The molecule has 1 heterocycles. The molecule has 0 unspecified atom stereocenters. The Hall–Kier alpha value is -1.46. The van der Waals surface area contributed by atoms with E-state index in [0.717, 1.165) is 17.0 Å². The summed E-state index contributed by atoms with van der Waals surface area (Å²) in [6.07, 6.45) is 0. The van der Waals surface area contributed by atoms with E-state index < -0.39 is 11.6 Å². The van der Waals surface area contributed by atoms with E-state index in [-0.39, 0.29) is 17.9 Å². The quantitative estimate of drug-likeness (QED) is 0.921. The maximum Gasteiger partial charge on any atom is 0.149 e. The monoisotopic (exact) mass is 269 g/mol. The normalized spacial score (nSPS) is 10.7. The van der Waals surface area contributed by atoms with Gasteiger partial charge >= 0.3 is 0 Å². The zero-order valence-corrected chi connectivity index (χ0v) is 10.7. The van der Waals surface area contributed by atoms with Gasteiger partial charge in [-0.15, -0.1) is 11.3 Å². The third kappa shape index (κ3) is 2.68. The highest BCUT2D eigenvalue weighted by Gasteiger charge is 2.15. The molecule has 96 valence electrons. The van der Waals surface area contributed by atoms with Crippen molar-refractivity contribution in [3.8, 4) is 0 Å². The van der Waals surface area contributed by atoms with E-state index in [1.165, 1.54) is 16.2 Å². The van der Waals surface area contributed by atoms with Gasteiger partial charge in [0.1, 0.15) is 17.3 Å². The lowest BCUT2D eigenvalue weighted by atomic mass is 10.2. The van der Waals surface area contributed by atoms with Crippen molar-refractivity contribution in [2.45, 2.75) is 13.2 Å². The highest BCUT2D eigenvalue weighted by Crippen LogP contribution is 2.26. The van der Waals surface area contributed by atoms with E-state index in [2.05, 4.69) is 0 Å². The summed E-state index contributed by atoms with van der Waals surface area (Å²) < 4.78 is 27.6. The van der Waals surface area contributed by atoms with Crippen LogP contribution in [-0.4, -0.2) is 12.2 Å². The third-order valence-electron chi connectivity index (χ3n) is 2.61. The molecule has 1 aromatic carbocycles. The summed E-state index contributed by atoms with van der Waals surface area (Å²) in [6.45, 7) is 0.0761. The fourth-order valence-corrected chi connectivity index (χ4v) is 2.55. The number of aliphatic hydroxyl groups excluding tert-OH is 1. The second kappa shape index (κ2) is 5.46. The van der Waals surface area contributed by atoms with Crippen molar-refractivity contribution in [2.24, 2.45) is 0 Å². The van der Waals surface area contributed by atoms with Crippen molar-refractivity contribution in [1.29, 1.82) is 0 Å². The molecule has 5 heteroatoms. The Kier molecular flexibility index (Phi) is 3.93. The van der Waals surface area contributed by atoms with Crippen molar-refractivity contribution < 1.29 is 13.9 Å². The maximum atomic E-state index is 13.8. The van der Waals surface area contributed by atoms with Crippen LogP contribution in [0.3, 0.4) is 0 Å². The van der Waals surface area contributed by atoms with E-state index in [4.69, 9.17) is 5.11 Å². The Bertz CT molecular complexity index is 505. The summed E-state index contributed by atoms with van der Waals surface area (Å²) in [5.74, 6) is -1.31. The van der Waals surface area contributed by atoms with Gasteiger partial charge in [0.2, 0.25) is 0 Å². The Balaban J connectivity index is 2.27. The zero-order chi connectivity index (χ0) is 13.1. The summed E-state index contributed by atoms with van der Waals surface area (Å²) in [4.78, 5) is 2.56. The van der Waals surface area contributed by atoms with Crippen molar-refractivity contribution in [2.75, 3.05) is 11.9 Å². The molecule has 2 aromatic rings. The fourth-order valence-electron chi connectivity index (χ4n) is 1.79. The van der Waals surface area contributed by atoms with Gasteiger partial charge in [0, 0.05) is 11.9 Å². The van der Waals surface area contributed by atoms with Crippen LogP contribution in [-0.2, 0) is 13.2 Å². The topological polar surface area (TPSA) is 23.5 Å². The lowest BCUT2D eigenvalue weighted by Gasteiger charge is -2.20. The maximum absolute atomic E-state index is 13.8. The van der Waals surface area contributed by atoms with Crippen molar-refractivity contribution >= 4 is 17.0 Å². The Morgan fingerprint density at radius 3 is 2.44 bits per heavy atom. The van der Waals surface area contributed by atoms with Gasteiger partial charge in [0.15, 0.2) is 0 Å². The SMILES string of the molecule is CN(Cc1cccs1)c1c(F)cc(CO)cc1F. The standard InChI is InChI=1S/C13H13F2NOS/c1-16(7-10-3-2-4-18-10)13-11(14)5-9(8-17)6-12(13)15/h2-6,17H,7-8H2,1H3. The molecule has 1 aromatic heterocycles. The van der Waals surface area contributed by atoms with Crippen LogP contribution in [0.15, 0.2) is 29.6 Å². The van der Waals surface area contributed by atoms with Gasteiger partial charge in [0.25, 0.3) is 0 Å². The number of hydrogen-bond donors (Lipinski definition) is 1. The number of thiophene rings is 1. The molecule has 0 bridgehead atoms. The highest BCUT2D eigenvalue weighted by molar-refractivity contribution is 7.09. The molecule has 0 saturated carbocycles. The molecular weight excluding hydrogens is 256 g/mol. The van der Waals surface area contributed by atoms with Gasteiger partial charge < -0.3 is 10.0 Å². The van der Waals surface area contributed by atoms with Gasteiger partial charge in [-0.25, -0.2) is 8.78 Å². The first-order valence-corrected chi connectivity index (χ1v) is 6.32. The number of rotatable bonds is 4. The zero-order valence-electron chi connectivity index (χ0n) is 9.86. The predicted molar refractivity (Wildman–Crippen MR) is 68.7 cm³/mol. The molecule has 18 heavy (non-hydrogen) atoms. The first kappa shape index (κ1) is 13.0. The number of benzene rings is 1. The smallest absolute Gasteiger partial charge is 0.149 e. The van der Waals surface area contributed by atoms with Crippen LogP contribution < -0.4 is 4.90 Å². The number of aliphatic hydroxyl groups is 1. The van der Waals surface area contributed by atoms with Crippen LogP contribution in [0.4, 0.5) is 14.5 Å². The molecule has 1 N–H and O–H groups in total. The van der Waals surface area contributed by atoms with Gasteiger partial charge in [-0.3, -0.25) is 0 Å². The number of halogens is 2. The van der Waals surface area contributed by atoms with Gasteiger partial charge in [0.05, 0.1) is 13.2 Å². The van der Waals surface area contributed by atoms with Crippen LogP contribution in [0.5, 0.6) is 0 Å². The molecule has 2 nitrogen and oxygen atoms in total. The number of anilines is 1. The largest absolute Gasteiger partial charge is 0.392 e. The van der Waals surface area contributed by atoms with Gasteiger partial charge in [-0.1, -0.05) is 6.07 Å². The molecule has 0 aliphatic heterocycles. The molecule has 0 aliphatic rings. The predicted octanol–water partition coefficient (Wildman–Crippen LogP) is 3.16.